The van der Waals surface area contributed by atoms with E-state index in [4.69, 9.17) is 4.43 Å². The first-order valence-electron chi connectivity index (χ1n) is 6.19. The number of rotatable bonds is 5. The van der Waals surface area contributed by atoms with Crippen LogP contribution < -0.4 is 0 Å². The van der Waals surface area contributed by atoms with Crippen molar-refractivity contribution in [3.8, 4) is 0 Å². The molecule has 2 heteroatoms. The first-order chi connectivity index (χ1) is 7.43. The molecule has 0 radical (unpaired) electrons. The van der Waals surface area contributed by atoms with Crippen LogP contribution in [0.1, 0.15) is 32.3 Å². The fourth-order valence-corrected chi connectivity index (χ4v) is 3.77. The standard InChI is InChI=1S/C14H24OSi/c1-6-14(7-2,15-16(3,4)5)13-11-9-8-10-12-13/h8-12H,6-7H2,1-5H3. The molecular weight excluding hydrogens is 212 g/mol. The molecule has 0 aromatic heterocycles. The summed E-state index contributed by atoms with van der Waals surface area (Å²) in [6, 6.07) is 10.6. The molecule has 0 fully saturated rings. The van der Waals surface area contributed by atoms with Crippen molar-refractivity contribution in [1.82, 2.24) is 0 Å². The summed E-state index contributed by atoms with van der Waals surface area (Å²) in [4.78, 5) is 0. The molecular formula is C14H24OSi. The Morgan fingerprint density at radius 1 is 1.00 bits per heavy atom. The van der Waals surface area contributed by atoms with Gasteiger partial charge in [0.25, 0.3) is 0 Å². The molecule has 0 heterocycles. The Morgan fingerprint density at radius 2 is 1.50 bits per heavy atom. The second-order valence-corrected chi connectivity index (χ2v) is 9.71. The summed E-state index contributed by atoms with van der Waals surface area (Å²) in [7, 11) is -1.52. The minimum atomic E-state index is -1.52. The van der Waals surface area contributed by atoms with Gasteiger partial charge in [0.15, 0.2) is 8.32 Å². The minimum absolute atomic E-state index is 0.0776. The number of hydrogen-bond acceptors (Lipinski definition) is 1. The van der Waals surface area contributed by atoms with Crippen molar-refractivity contribution in [2.24, 2.45) is 0 Å². The molecule has 1 aromatic rings. The Morgan fingerprint density at radius 3 is 1.88 bits per heavy atom. The van der Waals surface area contributed by atoms with E-state index in [9.17, 15) is 0 Å². The summed E-state index contributed by atoms with van der Waals surface area (Å²) in [5.74, 6) is 0. The number of benzene rings is 1. The van der Waals surface area contributed by atoms with Gasteiger partial charge in [-0.15, -0.1) is 0 Å². The molecule has 16 heavy (non-hydrogen) atoms. The lowest BCUT2D eigenvalue weighted by Gasteiger charge is -2.38. The first kappa shape index (κ1) is 13.5. The van der Waals surface area contributed by atoms with Gasteiger partial charge >= 0.3 is 0 Å². The molecule has 0 saturated carbocycles. The van der Waals surface area contributed by atoms with E-state index in [0.717, 1.165) is 12.8 Å². The van der Waals surface area contributed by atoms with E-state index in [1.165, 1.54) is 5.56 Å². The highest BCUT2D eigenvalue weighted by atomic mass is 28.4. The zero-order valence-electron chi connectivity index (χ0n) is 11.2. The third-order valence-electron chi connectivity index (χ3n) is 2.94. The Labute approximate surface area is 101 Å². The Hall–Kier alpha value is -0.603. The summed E-state index contributed by atoms with van der Waals surface area (Å²) in [6.07, 6.45) is 2.08. The predicted octanol–water partition coefficient (Wildman–Crippen LogP) is 4.55. The van der Waals surface area contributed by atoms with Crippen molar-refractivity contribution in [2.75, 3.05) is 0 Å². The van der Waals surface area contributed by atoms with Gasteiger partial charge in [-0.3, -0.25) is 0 Å². The van der Waals surface area contributed by atoms with Crippen molar-refractivity contribution >= 4 is 8.32 Å². The van der Waals surface area contributed by atoms with Gasteiger partial charge in [-0.1, -0.05) is 44.2 Å². The van der Waals surface area contributed by atoms with Gasteiger partial charge in [-0.25, -0.2) is 0 Å². The van der Waals surface area contributed by atoms with Crippen LogP contribution in [0.25, 0.3) is 0 Å². The van der Waals surface area contributed by atoms with Gasteiger partial charge in [0, 0.05) is 0 Å². The van der Waals surface area contributed by atoms with E-state index < -0.39 is 8.32 Å². The average Bonchev–Trinajstić information content (AvgIpc) is 2.26. The fourth-order valence-electron chi connectivity index (χ4n) is 2.19. The van der Waals surface area contributed by atoms with Crippen LogP contribution in [0, 0.1) is 0 Å². The van der Waals surface area contributed by atoms with Crippen LogP contribution >= 0.6 is 0 Å². The summed E-state index contributed by atoms with van der Waals surface area (Å²) in [5, 5.41) is 0. The van der Waals surface area contributed by atoms with Gasteiger partial charge in [-0.2, -0.15) is 0 Å². The molecule has 1 rings (SSSR count). The van der Waals surface area contributed by atoms with Crippen LogP contribution in [-0.4, -0.2) is 8.32 Å². The van der Waals surface area contributed by atoms with Gasteiger partial charge < -0.3 is 4.43 Å². The van der Waals surface area contributed by atoms with Crippen LogP contribution in [0.2, 0.25) is 19.6 Å². The summed E-state index contributed by atoms with van der Waals surface area (Å²) in [6.45, 7) is 11.2. The first-order valence-corrected chi connectivity index (χ1v) is 9.60. The van der Waals surface area contributed by atoms with Crippen molar-refractivity contribution in [3.63, 3.8) is 0 Å². The maximum absolute atomic E-state index is 6.45. The third kappa shape index (κ3) is 3.19. The molecule has 0 spiro atoms. The molecule has 90 valence electrons. The zero-order valence-corrected chi connectivity index (χ0v) is 12.2. The Kier molecular flexibility index (Phi) is 4.33. The molecule has 0 N–H and O–H groups in total. The van der Waals surface area contributed by atoms with E-state index in [1.54, 1.807) is 0 Å². The second-order valence-electron chi connectivity index (χ2n) is 5.28. The lowest BCUT2D eigenvalue weighted by Crippen LogP contribution is -2.40. The Balaban J connectivity index is 3.06. The van der Waals surface area contributed by atoms with Crippen molar-refractivity contribution < 1.29 is 4.43 Å². The second kappa shape index (κ2) is 5.15. The van der Waals surface area contributed by atoms with Crippen molar-refractivity contribution in [1.29, 1.82) is 0 Å². The quantitative estimate of drug-likeness (QED) is 0.681. The van der Waals surface area contributed by atoms with Gasteiger partial charge in [0.2, 0.25) is 0 Å². The molecule has 1 aromatic carbocycles. The third-order valence-corrected chi connectivity index (χ3v) is 3.95. The van der Waals surface area contributed by atoms with Crippen LogP contribution in [0.5, 0.6) is 0 Å². The van der Waals surface area contributed by atoms with E-state index in [0.29, 0.717) is 0 Å². The number of hydrogen-bond donors (Lipinski definition) is 0. The lowest BCUT2D eigenvalue weighted by molar-refractivity contribution is 0.0489. The molecule has 0 aliphatic rings. The highest BCUT2D eigenvalue weighted by Gasteiger charge is 2.34. The fraction of sp³-hybridized carbons (Fsp3) is 0.571. The van der Waals surface area contributed by atoms with Crippen LogP contribution in [0.3, 0.4) is 0 Å². The molecule has 0 atom stereocenters. The van der Waals surface area contributed by atoms with Crippen LogP contribution in [-0.2, 0) is 10.0 Å². The van der Waals surface area contributed by atoms with Crippen LogP contribution in [0.15, 0.2) is 30.3 Å². The lowest BCUT2D eigenvalue weighted by atomic mass is 9.89. The van der Waals surface area contributed by atoms with Crippen LogP contribution in [0.4, 0.5) is 0 Å². The zero-order chi connectivity index (χ0) is 12.2. The smallest absolute Gasteiger partial charge is 0.184 e. The maximum Gasteiger partial charge on any atom is 0.184 e. The largest absolute Gasteiger partial charge is 0.408 e. The maximum atomic E-state index is 6.45. The van der Waals surface area contributed by atoms with Crippen molar-refractivity contribution in [2.45, 2.75) is 51.9 Å². The molecule has 0 aliphatic carbocycles. The Bertz CT molecular complexity index is 309. The van der Waals surface area contributed by atoms with E-state index in [-0.39, 0.29) is 5.60 Å². The van der Waals surface area contributed by atoms with E-state index in [2.05, 4.69) is 63.8 Å². The molecule has 0 aliphatic heterocycles. The summed E-state index contributed by atoms with van der Waals surface area (Å²) < 4.78 is 6.45. The van der Waals surface area contributed by atoms with Crippen molar-refractivity contribution in [3.05, 3.63) is 35.9 Å². The normalized spacial score (nSPS) is 12.8. The molecule has 1 nitrogen and oxygen atoms in total. The molecule has 0 bridgehead atoms. The highest BCUT2D eigenvalue weighted by Crippen LogP contribution is 2.35. The average molecular weight is 236 g/mol. The van der Waals surface area contributed by atoms with E-state index >= 15 is 0 Å². The molecule has 0 saturated heterocycles. The van der Waals surface area contributed by atoms with E-state index in [1.807, 2.05) is 0 Å². The minimum Gasteiger partial charge on any atom is -0.408 e. The molecule has 0 amide bonds. The van der Waals surface area contributed by atoms with Gasteiger partial charge in [-0.05, 0) is 38.0 Å². The highest BCUT2D eigenvalue weighted by molar-refractivity contribution is 6.69. The van der Waals surface area contributed by atoms with Gasteiger partial charge in [0.1, 0.15) is 0 Å². The molecule has 0 unspecified atom stereocenters. The summed E-state index contributed by atoms with van der Waals surface area (Å²) >= 11 is 0. The SMILES string of the molecule is CCC(CC)(O[Si](C)(C)C)c1ccccc1. The van der Waals surface area contributed by atoms with Gasteiger partial charge in [0.05, 0.1) is 5.60 Å². The predicted molar refractivity (Wildman–Crippen MR) is 73.1 cm³/mol. The monoisotopic (exact) mass is 236 g/mol. The topological polar surface area (TPSA) is 9.23 Å². The summed E-state index contributed by atoms with van der Waals surface area (Å²) in [5.41, 5.74) is 1.24.